The van der Waals surface area contributed by atoms with Crippen molar-refractivity contribution >= 4 is 32.8 Å². The van der Waals surface area contributed by atoms with E-state index < -0.39 is 6.04 Å². The third kappa shape index (κ3) is 2.98. The number of aryl methyl sites for hydroxylation is 2. The normalized spacial score (nSPS) is 16.1. The molecule has 2 aromatic carbocycles. The Morgan fingerprint density at radius 3 is 2.50 bits per heavy atom. The molecule has 0 spiro atoms. The summed E-state index contributed by atoms with van der Waals surface area (Å²) in [6.07, 6.45) is 1.84. The van der Waals surface area contributed by atoms with Gasteiger partial charge in [-0.05, 0) is 55.2 Å². The molecular weight excluding hydrogens is 418 g/mol. The van der Waals surface area contributed by atoms with Crippen LogP contribution in [0.15, 0.2) is 50.1 Å². The number of unbranched alkanes of at least 4 members (excludes halogenated alkanes) is 1. The third-order valence-corrected chi connectivity index (χ3v) is 5.88. The maximum absolute atomic E-state index is 13.5. The first-order chi connectivity index (χ1) is 13.4. The van der Waals surface area contributed by atoms with E-state index >= 15 is 0 Å². The van der Waals surface area contributed by atoms with Gasteiger partial charge in [-0.2, -0.15) is 0 Å². The predicted octanol–water partition coefficient (Wildman–Crippen LogP) is 5.52. The van der Waals surface area contributed by atoms with Crippen LogP contribution in [-0.2, 0) is 0 Å². The maximum atomic E-state index is 13.5. The van der Waals surface area contributed by atoms with E-state index in [1.54, 1.807) is 4.90 Å². The Morgan fingerprint density at radius 1 is 1.11 bits per heavy atom. The van der Waals surface area contributed by atoms with Crippen molar-refractivity contribution in [3.05, 3.63) is 79.1 Å². The number of halogens is 1. The lowest BCUT2D eigenvalue weighted by molar-refractivity contribution is 0.0725. The molecule has 1 aliphatic heterocycles. The van der Waals surface area contributed by atoms with E-state index in [0.29, 0.717) is 23.1 Å². The SMILES string of the molecule is CCCCN1C(=O)c2oc3cc(C)cc(C)c3c(=O)c2C1c1ccc(Br)cc1. The van der Waals surface area contributed by atoms with Crippen molar-refractivity contribution in [1.29, 1.82) is 0 Å². The first-order valence-electron chi connectivity index (χ1n) is 9.56. The first kappa shape index (κ1) is 18.9. The van der Waals surface area contributed by atoms with Gasteiger partial charge >= 0.3 is 0 Å². The molecule has 2 heterocycles. The summed E-state index contributed by atoms with van der Waals surface area (Å²) >= 11 is 3.46. The number of nitrogens with zero attached hydrogens (tertiary/aromatic N) is 1. The molecule has 0 saturated heterocycles. The van der Waals surface area contributed by atoms with Crippen LogP contribution in [0.2, 0.25) is 0 Å². The van der Waals surface area contributed by atoms with E-state index in [4.69, 9.17) is 4.42 Å². The van der Waals surface area contributed by atoms with E-state index in [2.05, 4.69) is 22.9 Å². The number of fused-ring (bicyclic) bond motifs is 2. The Balaban J connectivity index is 2.00. The third-order valence-electron chi connectivity index (χ3n) is 5.35. The van der Waals surface area contributed by atoms with Gasteiger partial charge in [0.15, 0.2) is 5.43 Å². The molecule has 0 saturated carbocycles. The Morgan fingerprint density at radius 2 is 1.82 bits per heavy atom. The lowest BCUT2D eigenvalue weighted by Gasteiger charge is -2.25. The Labute approximate surface area is 172 Å². The average Bonchev–Trinajstić information content (AvgIpc) is 2.92. The fourth-order valence-electron chi connectivity index (χ4n) is 4.06. The second-order valence-electron chi connectivity index (χ2n) is 7.44. The lowest BCUT2D eigenvalue weighted by atomic mass is 9.97. The summed E-state index contributed by atoms with van der Waals surface area (Å²) in [5.41, 5.74) is 3.65. The van der Waals surface area contributed by atoms with Gasteiger partial charge in [-0.25, -0.2) is 0 Å². The van der Waals surface area contributed by atoms with Crippen LogP contribution in [-0.4, -0.2) is 17.4 Å². The average molecular weight is 440 g/mol. The minimum absolute atomic E-state index is 0.103. The van der Waals surface area contributed by atoms with Gasteiger partial charge in [0.05, 0.1) is 17.0 Å². The summed E-state index contributed by atoms with van der Waals surface area (Å²) in [6, 6.07) is 11.2. The van der Waals surface area contributed by atoms with Gasteiger partial charge in [0, 0.05) is 11.0 Å². The number of hydrogen-bond donors (Lipinski definition) is 0. The second-order valence-corrected chi connectivity index (χ2v) is 8.35. The zero-order valence-electron chi connectivity index (χ0n) is 16.2. The zero-order chi connectivity index (χ0) is 20.0. The largest absolute Gasteiger partial charge is 0.450 e. The molecule has 5 heteroatoms. The molecule has 1 amide bonds. The molecule has 28 heavy (non-hydrogen) atoms. The number of carbonyl (C=O) groups excluding carboxylic acids is 1. The molecule has 0 radical (unpaired) electrons. The van der Waals surface area contributed by atoms with E-state index in [1.165, 1.54) is 0 Å². The van der Waals surface area contributed by atoms with Crippen molar-refractivity contribution in [3.8, 4) is 0 Å². The van der Waals surface area contributed by atoms with E-state index in [9.17, 15) is 9.59 Å². The highest BCUT2D eigenvalue weighted by Gasteiger charge is 2.42. The van der Waals surface area contributed by atoms with Crippen LogP contribution < -0.4 is 5.43 Å². The van der Waals surface area contributed by atoms with Crippen LogP contribution in [0.5, 0.6) is 0 Å². The molecule has 1 unspecified atom stereocenters. The standard InChI is InChI=1S/C23H22BrNO3/c1-4-5-10-25-20(15-6-8-16(24)9-7-15)19-21(26)18-14(3)11-13(2)12-17(18)28-22(19)23(25)27/h6-9,11-12,20H,4-5,10H2,1-3H3. The Hall–Kier alpha value is -2.40. The van der Waals surface area contributed by atoms with Crippen LogP contribution in [0.4, 0.5) is 0 Å². The highest BCUT2D eigenvalue weighted by Crippen LogP contribution is 2.39. The van der Waals surface area contributed by atoms with Gasteiger partial charge in [-0.3, -0.25) is 9.59 Å². The molecule has 1 aliphatic rings. The summed E-state index contributed by atoms with van der Waals surface area (Å²) in [5.74, 6) is -0.0129. The van der Waals surface area contributed by atoms with E-state index in [-0.39, 0.29) is 17.1 Å². The predicted molar refractivity (Wildman–Crippen MR) is 114 cm³/mol. The second kappa shape index (κ2) is 7.21. The van der Waals surface area contributed by atoms with E-state index in [0.717, 1.165) is 34.0 Å². The summed E-state index contributed by atoms with van der Waals surface area (Å²) in [6.45, 7) is 6.55. The molecule has 0 aliphatic carbocycles. The van der Waals surface area contributed by atoms with Gasteiger partial charge in [0.1, 0.15) is 5.58 Å². The van der Waals surface area contributed by atoms with Gasteiger partial charge < -0.3 is 9.32 Å². The summed E-state index contributed by atoms with van der Waals surface area (Å²) < 4.78 is 7.00. The van der Waals surface area contributed by atoms with Crippen LogP contribution in [0.25, 0.3) is 11.0 Å². The smallest absolute Gasteiger partial charge is 0.290 e. The molecule has 0 bridgehead atoms. The first-order valence-corrected chi connectivity index (χ1v) is 10.4. The maximum Gasteiger partial charge on any atom is 0.290 e. The van der Waals surface area contributed by atoms with Crippen molar-refractivity contribution < 1.29 is 9.21 Å². The molecule has 3 aromatic rings. The van der Waals surface area contributed by atoms with Crippen molar-refractivity contribution in [1.82, 2.24) is 4.90 Å². The molecule has 0 N–H and O–H groups in total. The topological polar surface area (TPSA) is 50.5 Å². The Bertz CT molecular complexity index is 1130. The highest BCUT2D eigenvalue weighted by atomic mass is 79.9. The number of hydrogen-bond acceptors (Lipinski definition) is 3. The zero-order valence-corrected chi connectivity index (χ0v) is 17.8. The van der Waals surface area contributed by atoms with Crippen molar-refractivity contribution in [2.75, 3.05) is 6.54 Å². The number of amides is 1. The minimum Gasteiger partial charge on any atom is -0.450 e. The molecule has 1 atom stereocenters. The number of rotatable bonds is 4. The number of benzene rings is 2. The molecule has 0 fully saturated rings. The molecule has 1 aromatic heterocycles. The fraction of sp³-hybridized carbons (Fsp3) is 0.304. The van der Waals surface area contributed by atoms with Gasteiger partial charge in [-0.15, -0.1) is 0 Å². The van der Waals surface area contributed by atoms with Crippen molar-refractivity contribution in [2.24, 2.45) is 0 Å². The molecule has 4 nitrogen and oxygen atoms in total. The molecule has 144 valence electrons. The van der Waals surface area contributed by atoms with Gasteiger partial charge in [-0.1, -0.05) is 47.5 Å². The van der Waals surface area contributed by atoms with Crippen LogP contribution in [0.3, 0.4) is 0 Å². The summed E-state index contributed by atoms with van der Waals surface area (Å²) in [4.78, 5) is 28.5. The van der Waals surface area contributed by atoms with Gasteiger partial charge in [0.25, 0.3) is 5.91 Å². The fourth-order valence-corrected chi connectivity index (χ4v) is 4.33. The number of carbonyl (C=O) groups is 1. The highest BCUT2D eigenvalue weighted by molar-refractivity contribution is 9.10. The monoisotopic (exact) mass is 439 g/mol. The van der Waals surface area contributed by atoms with E-state index in [1.807, 2.05) is 50.2 Å². The van der Waals surface area contributed by atoms with Crippen LogP contribution in [0, 0.1) is 13.8 Å². The van der Waals surface area contributed by atoms with Crippen LogP contribution >= 0.6 is 15.9 Å². The van der Waals surface area contributed by atoms with Gasteiger partial charge in [0.2, 0.25) is 5.76 Å². The lowest BCUT2D eigenvalue weighted by Crippen LogP contribution is -2.30. The van der Waals surface area contributed by atoms with Crippen LogP contribution in [0.1, 0.15) is 58.6 Å². The van der Waals surface area contributed by atoms with Crippen molar-refractivity contribution in [2.45, 2.75) is 39.7 Å². The Kier molecular flexibility index (Phi) is 4.88. The quantitative estimate of drug-likeness (QED) is 0.537. The summed E-state index contributed by atoms with van der Waals surface area (Å²) in [5, 5.41) is 0.566. The summed E-state index contributed by atoms with van der Waals surface area (Å²) in [7, 11) is 0. The minimum atomic E-state index is -0.413. The van der Waals surface area contributed by atoms with Crippen molar-refractivity contribution in [3.63, 3.8) is 0 Å². The molecule has 4 rings (SSSR count). The molecular formula is C23H22BrNO3.